The van der Waals surface area contributed by atoms with Crippen molar-refractivity contribution < 1.29 is 14.7 Å². The maximum Gasteiger partial charge on any atom is 0.308 e. The molecule has 0 saturated carbocycles. The van der Waals surface area contributed by atoms with Gasteiger partial charge in [-0.1, -0.05) is 49.4 Å². The van der Waals surface area contributed by atoms with E-state index < -0.39 is 11.9 Å². The normalized spacial score (nSPS) is 13.4. The van der Waals surface area contributed by atoms with Crippen LogP contribution in [0.3, 0.4) is 0 Å². The van der Waals surface area contributed by atoms with Crippen LogP contribution in [-0.2, 0) is 16.0 Å². The highest BCUT2D eigenvalue weighted by atomic mass is 32.2. The van der Waals surface area contributed by atoms with Gasteiger partial charge in [-0.15, -0.1) is 0 Å². The monoisotopic (exact) mass is 345 g/mol. The van der Waals surface area contributed by atoms with Crippen LogP contribution in [-0.4, -0.2) is 35.0 Å². The second-order valence-corrected chi connectivity index (χ2v) is 7.25. The Balaban J connectivity index is 1.99. The molecule has 2 aromatic carbocycles. The number of carbonyl (C=O) groups excluding carboxylic acids is 1. The number of hydrogen-bond donors (Lipinski definition) is 2. The fraction of sp³-hybridized carbons (Fsp3) is 0.368. The van der Waals surface area contributed by atoms with Crippen molar-refractivity contribution in [2.45, 2.75) is 25.0 Å². The molecular weight excluding hydrogens is 322 g/mol. The minimum atomic E-state index is -0.888. The summed E-state index contributed by atoms with van der Waals surface area (Å²) in [5, 5.41) is 14.6. The van der Waals surface area contributed by atoms with Gasteiger partial charge in [0.15, 0.2) is 0 Å². The van der Waals surface area contributed by atoms with Gasteiger partial charge in [-0.3, -0.25) is 9.59 Å². The molecule has 0 aliphatic heterocycles. The number of nitrogens with one attached hydrogen (secondary N) is 1. The first-order valence-corrected chi connectivity index (χ1v) is 9.28. The quantitative estimate of drug-likeness (QED) is 0.770. The Morgan fingerprint density at radius 2 is 1.88 bits per heavy atom. The van der Waals surface area contributed by atoms with Gasteiger partial charge in [0.25, 0.3) is 0 Å². The third-order valence-electron chi connectivity index (χ3n) is 4.07. The van der Waals surface area contributed by atoms with Crippen molar-refractivity contribution in [3.8, 4) is 0 Å². The maximum atomic E-state index is 11.8. The third kappa shape index (κ3) is 5.27. The molecule has 0 aliphatic carbocycles. The van der Waals surface area contributed by atoms with Crippen LogP contribution in [0.15, 0.2) is 42.5 Å². The van der Waals surface area contributed by atoms with Gasteiger partial charge in [-0.25, -0.2) is 0 Å². The fourth-order valence-electron chi connectivity index (χ4n) is 2.55. The van der Waals surface area contributed by atoms with E-state index >= 15 is 0 Å². The van der Waals surface area contributed by atoms with Crippen LogP contribution in [0.5, 0.6) is 0 Å². The van der Waals surface area contributed by atoms with Gasteiger partial charge in [0, 0.05) is 18.2 Å². The SMILES string of the molecule is CSC(C)CC(=O)NCC(Cc1ccc2ccccc2c1)C(=O)O. The van der Waals surface area contributed by atoms with Gasteiger partial charge in [-0.2, -0.15) is 11.8 Å². The van der Waals surface area contributed by atoms with Crippen molar-refractivity contribution in [1.29, 1.82) is 0 Å². The van der Waals surface area contributed by atoms with E-state index in [1.807, 2.05) is 55.6 Å². The first kappa shape index (κ1) is 18.3. The summed E-state index contributed by atoms with van der Waals surface area (Å²) in [5.41, 5.74) is 0.966. The van der Waals surface area contributed by atoms with Crippen molar-refractivity contribution in [3.63, 3.8) is 0 Å². The third-order valence-corrected chi connectivity index (χ3v) is 5.04. The predicted molar refractivity (Wildman–Crippen MR) is 99.4 cm³/mol. The number of rotatable bonds is 8. The van der Waals surface area contributed by atoms with E-state index in [1.54, 1.807) is 11.8 Å². The molecule has 2 aromatic rings. The Hall–Kier alpha value is -2.01. The van der Waals surface area contributed by atoms with Gasteiger partial charge in [0.05, 0.1) is 5.92 Å². The number of aliphatic carboxylic acids is 1. The minimum Gasteiger partial charge on any atom is -0.481 e. The second-order valence-electron chi connectivity index (χ2n) is 5.98. The average molecular weight is 345 g/mol. The van der Waals surface area contributed by atoms with E-state index in [0.29, 0.717) is 12.8 Å². The summed E-state index contributed by atoms with van der Waals surface area (Å²) < 4.78 is 0. The number of benzene rings is 2. The van der Waals surface area contributed by atoms with E-state index in [9.17, 15) is 14.7 Å². The van der Waals surface area contributed by atoms with Crippen molar-refractivity contribution in [2.75, 3.05) is 12.8 Å². The lowest BCUT2D eigenvalue weighted by Crippen LogP contribution is -2.35. The molecule has 2 unspecified atom stereocenters. The fourth-order valence-corrected chi connectivity index (χ4v) is 2.87. The van der Waals surface area contributed by atoms with Crippen LogP contribution in [0, 0.1) is 5.92 Å². The second kappa shape index (κ2) is 8.73. The smallest absolute Gasteiger partial charge is 0.308 e. The molecule has 2 atom stereocenters. The van der Waals surface area contributed by atoms with Gasteiger partial charge in [-0.05, 0) is 29.0 Å². The summed E-state index contributed by atoms with van der Waals surface area (Å²) in [6.45, 7) is 2.14. The van der Waals surface area contributed by atoms with Crippen molar-refractivity contribution in [2.24, 2.45) is 5.92 Å². The molecule has 24 heavy (non-hydrogen) atoms. The van der Waals surface area contributed by atoms with E-state index in [0.717, 1.165) is 16.3 Å². The van der Waals surface area contributed by atoms with Crippen molar-refractivity contribution >= 4 is 34.4 Å². The van der Waals surface area contributed by atoms with Crippen LogP contribution in [0.4, 0.5) is 0 Å². The molecule has 0 heterocycles. The zero-order chi connectivity index (χ0) is 17.5. The van der Waals surface area contributed by atoms with Gasteiger partial charge in [0.2, 0.25) is 5.91 Å². The Morgan fingerprint density at radius 3 is 2.54 bits per heavy atom. The first-order valence-electron chi connectivity index (χ1n) is 7.99. The lowest BCUT2D eigenvalue weighted by molar-refractivity contribution is -0.141. The first-order chi connectivity index (χ1) is 11.5. The highest BCUT2D eigenvalue weighted by molar-refractivity contribution is 7.99. The number of hydrogen-bond acceptors (Lipinski definition) is 3. The van der Waals surface area contributed by atoms with E-state index in [1.165, 1.54) is 0 Å². The summed E-state index contributed by atoms with van der Waals surface area (Å²) in [7, 11) is 0. The van der Waals surface area contributed by atoms with Crippen LogP contribution < -0.4 is 5.32 Å². The minimum absolute atomic E-state index is 0.0957. The van der Waals surface area contributed by atoms with Crippen LogP contribution >= 0.6 is 11.8 Å². The lowest BCUT2D eigenvalue weighted by Gasteiger charge is -2.15. The number of carboxylic acid groups (broad SMARTS) is 1. The molecule has 1 amide bonds. The van der Waals surface area contributed by atoms with Crippen LogP contribution in [0.2, 0.25) is 0 Å². The van der Waals surface area contributed by atoms with Gasteiger partial charge >= 0.3 is 5.97 Å². The zero-order valence-corrected chi connectivity index (χ0v) is 14.8. The van der Waals surface area contributed by atoms with E-state index in [4.69, 9.17) is 0 Å². The molecule has 0 aliphatic rings. The number of fused-ring (bicyclic) bond motifs is 1. The van der Waals surface area contributed by atoms with E-state index in [2.05, 4.69) is 5.32 Å². The standard InChI is InChI=1S/C19H23NO3S/c1-13(24-2)9-18(21)20-12-17(19(22)23)11-14-7-8-15-5-3-4-6-16(15)10-14/h3-8,10,13,17H,9,11-12H2,1-2H3,(H,20,21)(H,22,23). The molecule has 5 heteroatoms. The molecule has 0 spiro atoms. The van der Waals surface area contributed by atoms with E-state index in [-0.39, 0.29) is 17.7 Å². The zero-order valence-electron chi connectivity index (χ0n) is 14.0. The van der Waals surface area contributed by atoms with Crippen molar-refractivity contribution in [1.82, 2.24) is 5.32 Å². The Labute approximate surface area is 146 Å². The van der Waals surface area contributed by atoms with Gasteiger partial charge < -0.3 is 10.4 Å². The number of carboxylic acids is 1. The average Bonchev–Trinajstić information content (AvgIpc) is 2.58. The number of carbonyl (C=O) groups is 2. The summed E-state index contributed by atoms with van der Waals surface area (Å²) in [4.78, 5) is 23.4. The molecule has 4 nitrogen and oxygen atoms in total. The highest BCUT2D eigenvalue weighted by Gasteiger charge is 2.19. The molecule has 128 valence electrons. The number of thioether (sulfide) groups is 1. The molecule has 0 aromatic heterocycles. The maximum absolute atomic E-state index is 11.8. The molecule has 0 bridgehead atoms. The lowest BCUT2D eigenvalue weighted by atomic mass is 9.97. The summed E-state index contributed by atoms with van der Waals surface area (Å²) in [5.74, 6) is -1.61. The Kier molecular flexibility index (Phi) is 6.67. The van der Waals surface area contributed by atoms with Crippen LogP contribution in [0.1, 0.15) is 18.9 Å². The number of amides is 1. The Morgan fingerprint density at radius 1 is 1.17 bits per heavy atom. The molecule has 2 N–H and O–H groups in total. The van der Waals surface area contributed by atoms with Crippen LogP contribution in [0.25, 0.3) is 10.8 Å². The molecule has 0 fully saturated rings. The molecular formula is C19H23NO3S. The molecule has 0 radical (unpaired) electrons. The van der Waals surface area contributed by atoms with Crippen molar-refractivity contribution in [3.05, 3.63) is 48.0 Å². The topological polar surface area (TPSA) is 66.4 Å². The largest absolute Gasteiger partial charge is 0.481 e. The predicted octanol–water partition coefficient (Wildman–Crippen LogP) is 3.34. The van der Waals surface area contributed by atoms with Gasteiger partial charge in [0.1, 0.15) is 0 Å². The summed E-state index contributed by atoms with van der Waals surface area (Å²) in [6.07, 6.45) is 2.76. The molecule has 0 saturated heterocycles. The Bertz CT molecular complexity index is 717. The summed E-state index contributed by atoms with van der Waals surface area (Å²) in [6, 6.07) is 14.0. The summed E-state index contributed by atoms with van der Waals surface area (Å²) >= 11 is 1.62. The highest BCUT2D eigenvalue weighted by Crippen LogP contribution is 2.18. The molecule has 2 rings (SSSR count).